The number of hydrogen-bond donors (Lipinski definition) is 0. The first-order chi connectivity index (χ1) is 11.1. The molecule has 0 aliphatic carbocycles. The number of furan rings is 1. The van der Waals surface area contributed by atoms with Crippen LogP contribution in [-0.2, 0) is 0 Å². The van der Waals surface area contributed by atoms with E-state index in [1.807, 2.05) is 18.3 Å². The Morgan fingerprint density at radius 2 is 1.78 bits per heavy atom. The summed E-state index contributed by atoms with van der Waals surface area (Å²) in [7, 11) is 0. The number of benzene rings is 2. The van der Waals surface area contributed by atoms with E-state index in [0.29, 0.717) is 5.92 Å². The molecule has 0 spiro atoms. The summed E-state index contributed by atoms with van der Waals surface area (Å²) >= 11 is 0. The van der Waals surface area contributed by atoms with Crippen molar-refractivity contribution in [3.05, 3.63) is 65.9 Å². The van der Waals surface area contributed by atoms with Crippen LogP contribution < -0.4 is 0 Å². The third-order valence-corrected chi connectivity index (χ3v) is 4.46. The first kappa shape index (κ1) is 14.0. The summed E-state index contributed by atoms with van der Waals surface area (Å²) in [5.74, 6) is 0.479. The SMILES string of the molecule is Cc1ccc2c(oc3ccccc32)c1-c1cc(C(C)C)ccn1. The van der Waals surface area contributed by atoms with Crippen LogP contribution in [0.25, 0.3) is 33.2 Å². The van der Waals surface area contributed by atoms with Crippen molar-refractivity contribution >= 4 is 21.9 Å². The minimum Gasteiger partial charge on any atom is -0.455 e. The van der Waals surface area contributed by atoms with Gasteiger partial charge in [0.1, 0.15) is 11.2 Å². The fraction of sp³-hybridized carbons (Fsp3) is 0.190. The molecule has 0 saturated heterocycles. The minimum absolute atomic E-state index is 0.479. The summed E-state index contributed by atoms with van der Waals surface area (Å²) < 4.78 is 6.18. The van der Waals surface area contributed by atoms with Crippen LogP contribution in [0.5, 0.6) is 0 Å². The number of rotatable bonds is 2. The Morgan fingerprint density at radius 1 is 0.957 bits per heavy atom. The second-order valence-corrected chi connectivity index (χ2v) is 6.36. The fourth-order valence-electron chi connectivity index (χ4n) is 3.15. The number of hydrogen-bond acceptors (Lipinski definition) is 2. The molecule has 2 nitrogen and oxygen atoms in total. The molecule has 0 atom stereocenters. The number of fused-ring (bicyclic) bond motifs is 3. The lowest BCUT2D eigenvalue weighted by Crippen LogP contribution is -1.92. The maximum atomic E-state index is 6.18. The van der Waals surface area contributed by atoms with Crippen molar-refractivity contribution in [1.82, 2.24) is 4.98 Å². The highest BCUT2D eigenvalue weighted by Crippen LogP contribution is 2.37. The molecule has 4 aromatic rings. The third-order valence-electron chi connectivity index (χ3n) is 4.46. The van der Waals surface area contributed by atoms with Gasteiger partial charge in [0, 0.05) is 22.5 Å². The molecule has 0 bridgehead atoms. The predicted molar refractivity (Wildman–Crippen MR) is 95.8 cm³/mol. The molecule has 23 heavy (non-hydrogen) atoms. The van der Waals surface area contributed by atoms with Crippen LogP contribution in [0.1, 0.15) is 30.9 Å². The normalized spacial score (nSPS) is 11.7. The van der Waals surface area contributed by atoms with Crippen molar-refractivity contribution in [2.45, 2.75) is 26.7 Å². The van der Waals surface area contributed by atoms with Gasteiger partial charge in [0.25, 0.3) is 0 Å². The second-order valence-electron chi connectivity index (χ2n) is 6.36. The molecule has 2 aromatic carbocycles. The van der Waals surface area contributed by atoms with Gasteiger partial charge in [-0.1, -0.05) is 44.2 Å². The molecule has 0 amide bonds. The number of aromatic nitrogens is 1. The molecule has 0 aliphatic rings. The molecule has 4 rings (SSSR count). The van der Waals surface area contributed by atoms with Crippen LogP contribution in [0, 0.1) is 6.92 Å². The molecular weight excluding hydrogens is 282 g/mol. The molecular formula is C21H19NO. The van der Waals surface area contributed by atoms with E-state index in [2.05, 4.69) is 62.2 Å². The van der Waals surface area contributed by atoms with E-state index in [4.69, 9.17) is 4.42 Å². The lowest BCUT2D eigenvalue weighted by atomic mass is 9.97. The van der Waals surface area contributed by atoms with Gasteiger partial charge in [-0.05, 0) is 42.2 Å². The van der Waals surface area contributed by atoms with E-state index in [1.54, 1.807) is 0 Å². The smallest absolute Gasteiger partial charge is 0.145 e. The van der Waals surface area contributed by atoms with Gasteiger partial charge in [-0.15, -0.1) is 0 Å². The van der Waals surface area contributed by atoms with Gasteiger partial charge in [0.15, 0.2) is 0 Å². The lowest BCUT2D eigenvalue weighted by Gasteiger charge is -2.10. The van der Waals surface area contributed by atoms with Crippen LogP contribution in [0.2, 0.25) is 0 Å². The highest BCUT2D eigenvalue weighted by molar-refractivity contribution is 6.09. The Bertz CT molecular complexity index is 1010. The Kier molecular flexibility index (Phi) is 3.19. The zero-order valence-corrected chi connectivity index (χ0v) is 13.6. The first-order valence-electron chi connectivity index (χ1n) is 8.02. The van der Waals surface area contributed by atoms with Crippen LogP contribution >= 0.6 is 0 Å². The first-order valence-corrected chi connectivity index (χ1v) is 8.02. The van der Waals surface area contributed by atoms with E-state index in [0.717, 1.165) is 33.2 Å². The number of aryl methyl sites for hydroxylation is 1. The van der Waals surface area contributed by atoms with Gasteiger partial charge >= 0.3 is 0 Å². The topological polar surface area (TPSA) is 26.0 Å². The zero-order chi connectivity index (χ0) is 16.0. The molecule has 0 fully saturated rings. The summed E-state index contributed by atoms with van der Waals surface area (Å²) in [6, 6.07) is 16.8. The van der Waals surface area contributed by atoms with Crippen LogP contribution in [0.3, 0.4) is 0 Å². The van der Waals surface area contributed by atoms with Gasteiger partial charge in [-0.3, -0.25) is 4.98 Å². The van der Waals surface area contributed by atoms with Crippen molar-refractivity contribution in [2.75, 3.05) is 0 Å². The summed E-state index contributed by atoms with van der Waals surface area (Å²) in [5, 5.41) is 2.31. The van der Waals surface area contributed by atoms with Crippen molar-refractivity contribution < 1.29 is 4.42 Å². The largest absolute Gasteiger partial charge is 0.455 e. The van der Waals surface area contributed by atoms with E-state index in [1.165, 1.54) is 11.1 Å². The van der Waals surface area contributed by atoms with Crippen LogP contribution in [0.15, 0.2) is 59.1 Å². The van der Waals surface area contributed by atoms with Gasteiger partial charge in [-0.25, -0.2) is 0 Å². The molecule has 0 N–H and O–H groups in total. The molecule has 0 unspecified atom stereocenters. The average Bonchev–Trinajstić information content (AvgIpc) is 2.93. The van der Waals surface area contributed by atoms with E-state index in [9.17, 15) is 0 Å². The molecule has 114 valence electrons. The van der Waals surface area contributed by atoms with Gasteiger partial charge < -0.3 is 4.42 Å². The second kappa shape index (κ2) is 5.24. The van der Waals surface area contributed by atoms with E-state index in [-0.39, 0.29) is 0 Å². The maximum absolute atomic E-state index is 6.18. The standard InChI is InChI=1S/C21H19NO/c1-13(2)15-10-11-22-18(12-15)20-14(3)8-9-17-16-6-4-5-7-19(16)23-21(17)20/h4-13H,1-3H3. The van der Waals surface area contributed by atoms with Crippen molar-refractivity contribution in [3.8, 4) is 11.3 Å². The summed E-state index contributed by atoms with van der Waals surface area (Å²) in [4.78, 5) is 4.61. The zero-order valence-electron chi connectivity index (χ0n) is 13.6. The maximum Gasteiger partial charge on any atom is 0.145 e. The molecule has 2 aromatic heterocycles. The van der Waals surface area contributed by atoms with Gasteiger partial charge in [0.2, 0.25) is 0 Å². The molecule has 0 saturated carbocycles. The highest BCUT2D eigenvalue weighted by atomic mass is 16.3. The molecule has 0 radical (unpaired) electrons. The monoisotopic (exact) mass is 301 g/mol. The van der Waals surface area contributed by atoms with E-state index >= 15 is 0 Å². The number of pyridine rings is 1. The van der Waals surface area contributed by atoms with Gasteiger partial charge in [0.05, 0.1) is 5.69 Å². The average molecular weight is 301 g/mol. The Morgan fingerprint density at radius 3 is 2.61 bits per heavy atom. The minimum atomic E-state index is 0.479. The number of nitrogens with zero attached hydrogens (tertiary/aromatic N) is 1. The molecule has 0 aliphatic heterocycles. The van der Waals surface area contributed by atoms with Crippen molar-refractivity contribution in [2.24, 2.45) is 0 Å². The third kappa shape index (κ3) is 2.22. The van der Waals surface area contributed by atoms with Crippen LogP contribution in [-0.4, -0.2) is 4.98 Å². The lowest BCUT2D eigenvalue weighted by molar-refractivity contribution is 0.669. The Hall–Kier alpha value is -2.61. The summed E-state index contributed by atoms with van der Waals surface area (Å²) in [6.45, 7) is 6.52. The summed E-state index contributed by atoms with van der Waals surface area (Å²) in [6.07, 6.45) is 1.89. The van der Waals surface area contributed by atoms with E-state index < -0.39 is 0 Å². The van der Waals surface area contributed by atoms with Crippen molar-refractivity contribution in [1.29, 1.82) is 0 Å². The number of para-hydroxylation sites is 1. The fourth-order valence-corrected chi connectivity index (χ4v) is 3.15. The predicted octanol–water partition coefficient (Wildman–Crippen LogP) is 6.08. The molecule has 2 heteroatoms. The van der Waals surface area contributed by atoms with Crippen molar-refractivity contribution in [3.63, 3.8) is 0 Å². The van der Waals surface area contributed by atoms with Crippen LogP contribution in [0.4, 0.5) is 0 Å². The summed E-state index contributed by atoms with van der Waals surface area (Å²) in [5.41, 5.74) is 6.42. The molecule has 2 heterocycles. The Labute approximate surface area is 135 Å². The quantitative estimate of drug-likeness (QED) is 0.448. The highest BCUT2D eigenvalue weighted by Gasteiger charge is 2.15. The Balaban J connectivity index is 2.06. The van der Waals surface area contributed by atoms with Gasteiger partial charge in [-0.2, -0.15) is 0 Å².